The van der Waals surface area contributed by atoms with Gasteiger partial charge in [0.25, 0.3) is 5.56 Å². The van der Waals surface area contributed by atoms with Gasteiger partial charge in [-0.25, -0.2) is 8.42 Å². The molecule has 9 heteroatoms. The Morgan fingerprint density at radius 3 is 2.63 bits per heavy atom. The Kier molecular flexibility index (Phi) is 4.83. The van der Waals surface area contributed by atoms with Gasteiger partial charge in [-0.3, -0.25) is 24.6 Å². The zero-order chi connectivity index (χ0) is 19.9. The number of carbonyl (C=O) groups is 1. The first-order valence-corrected chi connectivity index (χ1v) is 10.1. The summed E-state index contributed by atoms with van der Waals surface area (Å²) in [5.41, 5.74) is 4.40. The standard InChI is InChI=1S/C18H21N3O5S/c1-5-21-18(23)13(9-19-21)16(22)12-8-10(2)17-15(11(12)3)14(20-26-4)6-7-27(17,24)25/h6,8-9,19-20H,5,7H2,1-4H3. The van der Waals surface area contributed by atoms with Crippen LogP contribution in [0.25, 0.3) is 5.70 Å². The second-order valence-electron chi connectivity index (χ2n) is 6.34. The number of nitrogens with zero attached hydrogens (tertiary/aromatic N) is 1. The number of benzene rings is 1. The highest BCUT2D eigenvalue weighted by molar-refractivity contribution is 7.91. The van der Waals surface area contributed by atoms with Gasteiger partial charge in [0.2, 0.25) is 0 Å². The number of nitrogens with one attached hydrogen (secondary N) is 2. The number of hydrogen-bond acceptors (Lipinski definition) is 6. The molecule has 0 spiro atoms. The molecule has 1 aromatic carbocycles. The smallest absolute Gasteiger partial charge is 0.277 e. The Morgan fingerprint density at radius 1 is 1.33 bits per heavy atom. The van der Waals surface area contributed by atoms with Gasteiger partial charge < -0.3 is 5.10 Å². The summed E-state index contributed by atoms with van der Waals surface area (Å²) in [5.74, 6) is -0.607. The Morgan fingerprint density at radius 2 is 2.04 bits per heavy atom. The lowest BCUT2D eigenvalue weighted by molar-refractivity contribution is 0.103. The molecule has 0 unspecified atom stereocenters. The van der Waals surface area contributed by atoms with Crippen LogP contribution in [0.1, 0.15) is 39.5 Å². The predicted octanol–water partition coefficient (Wildman–Crippen LogP) is 1.32. The summed E-state index contributed by atoms with van der Waals surface area (Å²) in [5, 5.41) is 2.76. The maximum atomic E-state index is 13.0. The number of ketones is 1. The number of carbonyl (C=O) groups excluding carboxylic acids is 1. The molecular weight excluding hydrogens is 370 g/mol. The van der Waals surface area contributed by atoms with Crippen molar-refractivity contribution in [3.05, 3.63) is 56.5 Å². The number of H-pyrrole nitrogens is 1. The molecule has 3 rings (SSSR count). The molecule has 1 aliphatic heterocycles. The minimum Gasteiger partial charge on any atom is -0.302 e. The minimum absolute atomic E-state index is 0.0168. The van der Waals surface area contributed by atoms with Gasteiger partial charge in [-0.05, 0) is 44.0 Å². The summed E-state index contributed by atoms with van der Waals surface area (Å²) >= 11 is 0. The van der Waals surface area contributed by atoms with Crippen LogP contribution in [0.15, 0.2) is 28.0 Å². The minimum atomic E-state index is -3.52. The topological polar surface area (TPSA) is 110 Å². The van der Waals surface area contributed by atoms with E-state index in [1.165, 1.54) is 30.1 Å². The lowest BCUT2D eigenvalue weighted by Gasteiger charge is -2.24. The average molecular weight is 391 g/mol. The van der Waals surface area contributed by atoms with Gasteiger partial charge in [-0.15, -0.1) is 0 Å². The van der Waals surface area contributed by atoms with Crippen molar-refractivity contribution in [1.82, 2.24) is 15.3 Å². The Bertz CT molecular complexity index is 1120. The summed E-state index contributed by atoms with van der Waals surface area (Å²) in [6, 6.07) is 1.53. The van der Waals surface area contributed by atoms with Crippen LogP contribution < -0.4 is 11.0 Å². The average Bonchev–Trinajstić information content (AvgIpc) is 2.99. The first kappa shape index (κ1) is 19.1. The molecule has 1 aliphatic rings. The largest absolute Gasteiger partial charge is 0.302 e. The Labute approximate surface area is 156 Å². The van der Waals surface area contributed by atoms with Crippen molar-refractivity contribution < 1.29 is 18.0 Å². The van der Waals surface area contributed by atoms with E-state index in [0.29, 0.717) is 28.9 Å². The fourth-order valence-corrected chi connectivity index (χ4v) is 5.06. The summed E-state index contributed by atoms with van der Waals surface area (Å²) in [7, 11) is -2.09. The Hall–Kier alpha value is -2.65. The van der Waals surface area contributed by atoms with Gasteiger partial charge in [0.05, 0.1) is 23.5 Å². The number of aromatic amines is 1. The SMILES string of the molecule is CCn1[nH]cc(C(=O)c2cc(C)c3c(c2C)C(NOC)=CCS3(=O)=O)c1=O. The van der Waals surface area contributed by atoms with Crippen LogP contribution in [0.3, 0.4) is 0 Å². The van der Waals surface area contributed by atoms with Crippen molar-refractivity contribution in [2.24, 2.45) is 0 Å². The van der Waals surface area contributed by atoms with Crippen molar-refractivity contribution in [3.8, 4) is 0 Å². The van der Waals surface area contributed by atoms with Crippen LogP contribution in [-0.4, -0.2) is 36.8 Å². The van der Waals surface area contributed by atoms with Crippen LogP contribution in [0.4, 0.5) is 0 Å². The Balaban J connectivity index is 2.26. The number of hydrogen-bond donors (Lipinski definition) is 2. The molecule has 2 N–H and O–H groups in total. The normalized spacial score (nSPS) is 15.2. The van der Waals surface area contributed by atoms with Crippen LogP contribution in [0.2, 0.25) is 0 Å². The molecule has 1 aromatic heterocycles. The van der Waals surface area contributed by atoms with E-state index < -0.39 is 21.2 Å². The van der Waals surface area contributed by atoms with Gasteiger partial charge in [0.1, 0.15) is 5.56 Å². The van der Waals surface area contributed by atoms with Gasteiger partial charge >= 0.3 is 0 Å². The molecule has 0 radical (unpaired) electrons. The van der Waals surface area contributed by atoms with Crippen LogP contribution >= 0.6 is 0 Å². The summed E-state index contributed by atoms with van der Waals surface area (Å²) in [6.07, 6.45) is 2.89. The summed E-state index contributed by atoms with van der Waals surface area (Å²) < 4.78 is 26.5. The highest BCUT2D eigenvalue weighted by atomic mass is 32.2. The third-order valence-corrected chi connectivity index (χ3v) is 6.42. The van der Waals surface area contributed by atoms with Crippen molar-refractivity contribution >= 4 is 21.3 Å². The third kappa shape index (κ3) is 3.02. The van der Waals surface area contributed by atoms with E-state index in [9.17, 15) is 18.0 Å². The van der Waals surface area contributed by atoms with E-state index in [-0.39, 0.29) is 21.8 Å². The summed E-state index contributed by atoms with van der Waals surface area (Å²) in [6.45, 7) is 5.52. The van der Waals surface area contributed by atoms with Crippen LogP contribution in [-0.2, 0) is 21.2 Å². The molecule has 0 atom stereocenters. The fraction of sp³-hybridized carbons (Fsp3) is 0.333. The van der Waals surface area contributed by atoms with Gasteiger partial charge in [0, 0.05) is 23.9 Å². The zero-order valence-electron chi connectivity index (χ0n) is 15.5. The first-order valence-electron chi connectivity index (χ1n) is 8.42. The van der Waals surface area contributed by atoms with Gasteiger partial charge in [0.15, 0.2) is 15.6 Å². The van der Waals surface area contributed by atoms with E-state index in [0.717, 1.165) is 0 Å². The highest BCUT2D eigenvalue weighted by Crippen LogP contribution is 2.35. The van der Waals surface area contributed by atoms with Crippen LogP contribution in [0, 0.1) is 13.8 Å². The van der Waals surface area contributed by atoms with E-state index in [4.69, 9.17) is 4.84 Å². The van der Waals surface area contributed by atoms with Crippen molar-refractivity contribution in [2.45, 2.75) is 32.2 Å². The highest BCUT2D eigenvalue weighted by Gasteiger charge is 2.31. The molecular formula is C18H21N3O5S. The number of fused-ring (bicyclic) bond motifs is 1. The molecule has 0 amide bonds. The molecule has 144 valence electrons. The molecule has 0 aliphatic carbocycles. The maximum absolute atomic E-state index is 13.0. The monoisotopic (exact) mass is 391 g/mol. The molecule has 0 saturated heterocycles. The molecule has 0 saturated carbocycles. The van der Waals surface area contributed by atoms with E-state index in [1.54, 1.807) is 20.8 Å². The first-order chi connectivity index (χ1) is 12.7. The van der Waals surface area contributed by atoms with Gasteiger partial charge in [-0.2, -0.15) is 0 Å². The van der Waals surface area contributed by atoms with Gasteiger partial charge in [-0.1, -0.05) is 0 Å². The molecule has 2 aromatic rings. The second-order valence-corrected chi connectivity index (χ2v) is 8.31. The third-order valence-electron chi connectivity index (χ3n) is 4.67. The van der Waals surface area contributed by atoms with E-state index in [2.05, 4.69) is 10.6 Å². The number of hydroxylamine groups is 1. The molecule has 0 fully saturated rings. The maximum Gasteiger partial charge on any atom is 0.277 e. The number of rotatable bonds is 5. The van der Waals surface area contributed by atoms with Crippen molar-refractivity contribution in [2.75, 3.05) is 12.9 Å². The number of sulfone groups is 1. The van der Waals surface area contributed by atoms with E-state index in [1.807, 2.05) is 0 Å². The molecule has 0 bridgehead atoms. The predicted molar refractivity (Wildman–Crippen MR) is 100 cm³/mol. The number of aromatic nitrogens is 2. The number of aryl methyl sites for hydroxylation is 2. The second kappa shape index (κ2) is 6.82. The molecule has 2 heterocycles. The quantitative estimate of drug-likeness (QED) is 0.588. The summed E-state index contributed by atoms with van der Waals surface area (Å²) in [4.78, 5) is 30.5. The van der Waals surface area contributed by atoms with E-state index >= 15 is 0 Å². The van der Waals surface area contributed by atoms with Crippen LogP contribution in [0.5, 0.6) is 0 Å². The lowest BCUT2D eigenvalue weighted by Crippen LogP contribution is -2.25. The lowest BCUT2D eigenvalue weighted by atomic mass is 9.92. The zero-order valence-corrected chi connectivity index (χ0v) is 16.4. The van der Waals surface area contributed by atoms with Crippen molar-refractivity contribution in [1.29, 1.82) is 0 Å². The fourth-order valence-electron chi connectivity index (χ4n) is 3.39. The molecule has 27 heavy (non-hydrogen) atoms. The van der Waals surface area contributed by atoms with Crippen molar-refractivity contribution in [3.63, 3.8) is 0 Å². The molecule has 8 nitrogen and oxygen atoms in total.